The molecule has 0 aromatic heterocycles. The van der Waals surface area contributed by atoms with Gasteiger partial charge < -0.3 is 15.4 Å². The van der Waals surface area contributed by atoms with Gasteiger partial charge in [0.15, 0.2) is 0 Å². The number of carbonyl (C=O) groups is 1. The first-order valence-electron chi connectivity index (χ1n) is 8.57. The molecule has 0 saturated carbocycles. The summed E-state index contributed by atoms with van der Waals surface area (Å²) < 4.78 is 18.8. The monoisotopic (exact) mass is 342 g/mol. The van der Waals surface area contributed by atoms with Gasteiger partial charge in [0.1, 0.15) is 18.2 Å². The summed E-state index contributed by atoms with van der Waals surface area (Å²) in [5.74, 6) is 0.154. The molecule has 1 amide bonds. The number of hydrogen-bond acceptors (Lipinski definition) is 3. The summed E-state index contributed by atoms with van der Waals surface area (Å²) in [5.41, 5.74) is 7.49. The van der Waals surface area contributed by atoms with E-state index in [2.05, 4.69) is 0 Å². The van der Waals surface area contributed by atoms with Crippen LogP contribution < -0.4 is 10.5 Å². The normalized spacial score (nSPS) is 20.4. The van der Waals surface area contributed by atoms with Crippen molar-refractivity contribution in [3.05, 3.63) is 65.5 Å². The molecule has 0 radical (unpaired) electrons. The third-order valence-corrected chi connectivity index (χ3v) is 4.55. The molecule has 2 atom stereocenters. The molecule has 3 rings (SSSR count). The van der Waals surface area contributed by atoms with E-state index in [-0.39, 0.29) is 30.4 Å². The molecule has 0 unspecified atom stereocenters. The zero-order chi connectivity index (χ0) is 17.8. The number of ether oxygens (including phenoxy) is 1. The summed E-state index contributed by atoms with van der Waals surface area (Å²) in [6, 6.07) is 13.7. The van der Waals surface area contributed by atoms with Crippen molar-refractivity contribution in [3.8, 4) is 5.75 Å². The number of likely N-dealkylation sites (tertiary alicyclic amines) is 1. The van der Waals surface area contributed by atoms with E-state index in [0.717, 1.165) is 18.4 Å². The Kier molecular flexibility index (Phi) is 5.34. The lowest BCUT2D eigenvalue weighted by Gasteiger charge is -2.36. The van der Waals surface area contributed by atoms with Crippen LogP contribution in [0, 0.1) is 5.82 Å². The number of amides is 1. The molecule has 1 aliphatic heterocycles. The van der Waals surface area contributed by atoms with Crippen LogP contribution in [0.1, 0.15) is 35.7 Å². The van der Waals surface area contributed by atoms with Crippen LogP contribution in [-0.4, -0.2) is 29.4 Å². The molecule has 1 fully saturated rings. The summed E-state index contributed by atoms with van der Waals surface area (Å²) in [6.07, 6.45) is 1.66. The maximum Gasteiger partial charge on any atom is 0.254 e. The number of rotatable bonds is 4. The van der Waals surface area contributed by atoms with Crippen molar-refractivity contribution in [2.45, 2.75) is 38.5 Å². The van der Waals surface area contributed by atoms with Crippen LogP contribution >= 0.6 is 0 Å². The SMILES string of the molecule is C[C@@H]1C[C@H](N)CCN1C(=O)c1cccc(COc2cccc(F)c2)c1. The minimum Gasteiger partial charge on any atom is -0.489 e. The molecule has 132 valence electrons. The maximum atomic E-state index is 13.2. The van der Waals surface area contributed by atoms with Crippen LogP contribution in [0.5, 0.6) is 5.75 Å². The Morgan fingerprint density at radius 1 is 1.28 bits per heavy atom. The van der Waals surface area contributed by atoms with E-state index in [9.17, 15) is 9.18 Å². The van der Waals surface area contributed by atoms with Gasteiger partial charge in [-0.2, -0.15) is 0 Å². The minimum absolute atomic E-state index is 0.0204. The highest BCUT2D eigenvalue weighted by molar-refractivity contribution is 5.94. The van der Waals surface area contributed by atoms with Crippen LogP contribution in [0.25, 0.3) is 0 Å². The van der Waals surface area contributed by atoms with Gasteiger partial charge in [-0.15, -0.1) is 0 Å². The van der Waals surface area contributed by atoms with Crippen molar-refractivity contribution in [1.82, 2.24) is 4.90 Å². The molecule has 4 nitrogen and oxygen atoms in total. The molecule has 2 aromatic carbocycles. The molecule has 2 aromatic rings. The lowest BCUT2D eigenvalue weighted by Crippen LogP contribution is -2.48. The van der Waals surface area contributed by atoms with Gasteiger partial charge in [0.2, 0.25) is 0 Å². The van der Waals surface area contributed by atoms with Crippen LogP contribution in [0.2, 0.25) is 0 Å². The maximum absolute atomic E-state index is 13.2. The van der Waals surface area contributed by atoms with Gasteiger partial charge in [0, 0.05) is 30.3 Å². The molecule has 1 saturated heterocycles. The molecule has 2 N–H and O–H groups in total. The first kappa shape index (κ1) is 17.4. The van der Waals surface area contributed by atoms with Gasteiger partial charge in [0.25, 0.3) is 5.91 Å². The largest absolute Gasteiger partial charge is 0.489 e. The Bertz CT molecular complexity index is 750. The lowest BCUT2D eigenvalue weighted by atomic mass is 9.98. The van der Waals surface area contributed by atoms with Crippen molar-refractivity contribution < 1.29 is 13.9 Å². The molecule has 0 spiro atoms. The summed E-state index contributed by atoms with van der Waals surface area (Å²) in [4.78, 5) is 14.7. The van der Waals surface area contributed by atoms with E-state index < -0.39 is 0 Å². The van der Waals surface area contributed by atoms with Crippen molar-refractivity contribution in [2.24, 2.45) is 5.73 Å². The average Bonchev–Trinajstić information content (AvgIpc) is 2.60. The van der Waals surface area contributed by atoms with E-state index in [1.807, 2.05) is 36.1 Å². The minimum atomic E-state index is -0.335. The Hall–Kier alpha value is -2.40. The number of nitrogens with zero attached hydrogens (tertiary/aromatic N) is 1. The molecule has 1 heterocycles. The molecule has 5 heteroatoms. The second-order valence-electron chi connectivity index (χ2n) is 6.58. The highest BCUT2D eigenvalue weighted by Gasteiger charge is 2.27. The fourth-order valence-corrected chi connectivity index (χ4v) is 3.19. The molecular weight excluding hydrogens is 319 g/mol. The zero-order valence-corrected chi connectivity index (χ0v) is 14.3. The third kappa shape index (κ3) is 4.37. The quantitative estimate of drug-likeness (QED) is 0.927. The number of piperidine rings is 1. The Morgan fingerprint density at radius 2 is 2.08 bits per heavy atom. The van der Waals surface area contributed by atoms with E-state index in [1.54, 1.807) is 12.1 Å². The Labute approximate surface area is 147 Å². The standard InChI is InChI=1S/C20H23FN2O2/c1-14-10-18(22)8-9-23(14)20(24)16-5-2-4-15(11-16)13-25-19-7-3-6-17(21)12-19/h2-7,11-12,14,18H,8-10,13,22H2,1H3/t14-,18-/m1/s1. The summed E-state index contributed by atoms with van der Waals surface area (Å²) in [5, 5.41) is 0. The number of nitrogens with two attached hydrogens (primary N) is 1. The Morgan fingerprint density at radius 3 is 2.84 bits per heavy atom. The molecule has 1 aliphatic rings. The zero-order valence-electron chi connectivity index (χ0n) is 14.3. The second-order valence-corrected chi connectivity index (χ2v) is 6.58. The van der Waals surface area contributed by atoms with Gasteiger partial charge in [-0.05, 0) is 49.6 Å². The topological polar surface area (TPSA) is 55.6 Å². The highest BCUT2D eigenvalue weighted by Crippen LogP contribution is 2.20. The molecule has 0 bridgehead atoms. The van der Waals surface area contributed by atoms with Gasteiger partial charge >= 0.3 is 0 Å². The average molecular weight is 342 g/mol. The summed E-state index contributed by atoms with van der Waals surface area (Å²) in [7, 11) is 0. The number of hydrogen-bond donors (Lipinski definition) is 1. The van der Waals surface area contributed by atoms with E-state index in [0.29, 0.717) is 17.9 Å². The number of halogens is 1. The molecule has 25 heavy (non-hydrogen) atoms. The van der Waals surface area contributed by atoms with Crippen LogP contribution in [0.4, 0.5) is 4.39 Å². The van der Waals surface area contributed by atoms with Crippen LogP contribution in [0.3, 0.4) is 0 Å². The van der Waals surface area contributed by atoms with Gasteiger partial charge in [0.05, 0.1) is 0 Å². The fraction of sp³-hybridized carbons (Fsp3) is 0.350. The smallest absolute Gasteiger partial charge is 0.254 e. The van der Waals surface area contributed by atoms with Gasteiger partial charge in [-0.1, -0.05) is 18.2 Å². The first-order chi connectivity index (χ1) is 12.0. The van der Waals surface area contributed by atoms with Crippen molar-refractivity contribution in [1.29, 1.82) is 0 Å². The van der Waals surface area contributed by atoms with Crippen molar-refractivity contribution >= 4 is 5.91 Å². The summed E-state index contributed by atoms with van der Waals surface area (Å²) >= 11 is 0. The van der Waals surface area contributed by atoms with Gasteiger partial charge in [-0.3, -0.25) is 4.79 Å². The molecular formula is C20H23FN2O2. The van der Waals surface area contributed by atoms with Crippen molar-refractivity contribution in [2.75, 3.05) is 6.54 Å². The highest BCUT2D eigenvalue weighted by atomic mass is 19.1. The van der Waals surface area contributed by atoms with Crippen LogP contribution in [-0.2, 0) is 6.61 Å². The van der Waals surface area contributed by atoms with Crippen LogP contribution in [0.15, 0.2) is 48.5 Å². The number of benzene rings is 2. The third-order valence-electron chi connectivity index (χ3n) is 4.55. The number of carbonyl (C=O) groups excluding carboxylic acids is 1. The van der Waals surface area contributed by atoms with E-state index >= 15 is 0 Å². The molecule has 0 aliphatic carbocycles. The fourth-order valence-electron chi connectivity index (χ4n) is 3.19. The predicted octanol–water partition coefficient (Wildman–Crippen LogP) is 3.36. The Balaban J connectivity index is 1.67. The second kappa shape index (κ2) is 7.66. The van der Waals surface area contributed by atoms with Crippen molar-refractivity contribution in [3.63, 3.8) is 0 Å². The van der Waals surface area contributed by atoms with E-state index in [4.69, 9.17) is 10.5 Å². The van der Waals surface area contributed by atoms with Gasteiger partial charge in [-0.25, -0.2) is 4.39 Å². The first-order valence-corrected chi connectivity index (χ1v) is 8.57. The van der Waals surface area contributed by atoms with E-state index in [1.165, 1.54) is 12.1 Å². The lowest BCUT2D eigenvalue weighted by molar-refractivity contribution is 0.0619. The predicted molar refractivity (Wildman–Crippen MR) is 94.9 cm³/mol. The summed E-state index contributed by atoms with van der Waals surface area (Å²) in [6.45, 7) is 3.00.